The molecule has 110 valence electrons. The van der Waals surface area contributed by atoms with E-state index in [0.717, 1.165) is 12.8 Å². The summed E-state index contributed by atoms with van der Waals surface area (Å²) in [6.45, 7) is 10.2. The van der Waals surface area contributed by atoms with E-state index in [0.29, 0.717) is 5.92 Å². The highest BCUT2D eigenvalue weighted by atomic mass is 16.5. The van der Waals surface area contributed by atoms with Gasteiger partial charge in [-0.25, -0.2) is 0 Å². The summed E-state index contributed by atoms with van der Waals surface area (Å²) in [4.78, 5) is 0. The second-order valence-electron chi connectivity index (χ2n) is 6.34. The molecular weight excluding hydrogens is 224 g/mol. The van der Waals surface area contributed by atoms with Gasteiger partial charge in [0.05, 0.1) is 0 Å². The molecule has 2 N–H and O–H groups in total. The van der Waals surface area contributed by atoms with Gasteiger partial charge >= 0.3 is 0 Å². The van der Waals surface area contributed by atoms with Crippen LogP contribution >= 0.6 is 0 Å². The van der Waals surface area contributed by atoms with Crippen molar-refractivity contribution in [3.8, 4) is 0 Å². The van der Waals surface area contributed by atoms with Crippen LogP contribution in [0.15, 0.2) is 0 Å². The number of rotatable bonds is 10. The van der Waals surface area contributed by atoms with Crippen molar-refractivity contribution < 1.29 is 10.2 Å². The van der Waals surface area contributed by atoms with E-state index >= 15 is 0 Å². The van der Waals surface area contributed by atoms with Crippen LogP contribution in [0.5, 0.6) is 0 Å². The minimum Gasteiger partial charge on any atom is -0.365 e. The zero-order chi connectivity index (χ0) is 14.2. The van der Waals surface area contributed by atoms with Gasteiger partial charge in [0.25, 0.3) is 0 Å². The first-order valence-corrected chi connectivity index (χ1v) is 7.78. The topological polar surface area (TPSA) is 40.5 Å². The fraction of sp³-hybridized carbons (Fsp3) is 1.00. The van der Waals surface area contributed by atoms with Crippen LogP contribution in [0.4, 0.5) is 0 Å². The third-order valence-corrected chi connectivity index (χ3v) is 4.07. The highest BCUT2D eigenvalue weighted by Crippen LogP contribution is 2.33. The van der Waals surface area contributed by atoms with E-state index in [4.69, 9.17) is 0 Å². The van der Waals surface area contributed by atoms with Crippen molar-refractivity contribution in [1.82, 2.24) is 0 Å². The second kappa shape index (κ2) is 8.92. The van der Waals surface area contributed by atoms with Crippen molar-refractivity contribution in [3.05, 3.63) is 0 Å². The molecule has 0 spiro atoms. The average Bonchev–Trinajstić information content (AvgIpc) is 2.26. The number of hydrogen-bond acceptors (Lipinski definition) is 2. The lowest BCUT2D eigenvalue weighted by Crippen LogP contribution is -2.45. The SMILES string of the molecule is CCCCCCCCC(C(C)C)C(O)(O)C(C)C. The van der Waals surface area contributed by atoms with E-state index in [1.54, 1.807) is 0 Å². The van der Waals surface area contributed by atoms with Gasteiger partial charge in [0.15, 0.2) is 5.79 Å². The first-order chi connectivity index (χ1) is 8.34. The Labute approximate surface area is 114 Å². The minimum absolute atomic E-state index is 0.0105. The molecule has 0 bridgehead atoms. The van der Waals surface area contributed by atoms with Crippen LogP contribution in [0.1, 0.15) is 79.6 Å². The summed E-state index contributed by atoms with van der Waals surface area (Å²) in [6.07, 6.45) is 8.46. The molecule has 0 aliphatic carbocycles. The number of aliphatic hydroxyl groups is 2. The first kappa shape index (κ1) is 17.9. The van der Waals surface area contributed by atoms with E-state index in [-0.39, 0.29) is 11.8 Å². The zero-order valence-corrected chi connectivity index (χ0v) is 13.1. The van der Waals surface area contributed by atoms with Crippen molar-refractivity contribution in [3.63, 3.8) is 0 Å². The molecule has 0 rings (SSSR count). The lowest BCUT2D eigenvalue weighted by Gasteiger charge is -2.37. The Morgan fingerprint density at radius 3 is 1.78 bits per heavy atom. The van der Waals surface area contributed by atoms with Crippen molar-refractivity contribution in [2.75, 3.05) is 0 Å². The maximum atomic E-state index is 10.2. The normalized spacial score (nSPS) is 14.5. The number of hydrogen-bond donors (Lipinski definition) is 2. The van der Waals surface area contributed by atoms with Gasteiger partial charge in [0, 0.05) is 11.8 Å². The quantitative estimate of drug-likeness (QED) is 0.452. The molecule has 0 radical (unpaired) electrons. The lowest BCUT2D eigenvalue weighted by molar-refractivity contribution is -0.239. The molecule has 2 heteroatoms. The van der Waals surface area contributed by atoms with Crippen LogP contribution in [0.3, 0.4) is 0 Å². The minimum atomic E-state index is -1.52. The maximum Gasteiger partial charge on any atom is 0.167 e. The summed E-state index contributed by atoms with van der Waals surface area (Å²) in [7, 11) is 0. The molecule has 0 aromatic carbocycles. The van der Waals surface area contributed by atoms with Crippen LogP contribution in [-0.2, 0) is 0 Å². The monoisotopic (exact) mass is 258 g/mol. The van der Waals surface area contributed by atoms with Gasteiger partial charge < -0.3 is 10.2 Å². The van der Waals surface area contributed by atoms with Crippen molar-refractivity contribution in [2.24, 2.45) is 17.8 Å². The standard InChI is InChI=1S/C16H34O2/c1-6-7-8-9-10-11-12-15(13(2)3)16(17,18)14(4)5/h13-15,17-18H,6-12H2,1-5H3. The smallest absolute Gasteiger partial charge is 0.167 e. The lowest BCUT2D eigenvalue weighted by atomic mass is 9.78. The summed E-state index contributed by atoms with van der Waals surface area (Å²) in [5.74, 6) is -1.32. The molecule has 0 saturated heterocycles. The van der Waals surface area contributed by atoms with Gasteiger partial charge in [0.2, 0.25) is 0 Å². The van der Waals surface area contributed by atoms with E-state index in [9.17, 15) is 10.2 Å². The Bertz CT molecular complexity index is 197. The summed E-state index contributed by atoms with van der Waals surface area (Å²) in [6, 6.07) is 0. The van der Waals surface area contributed by atoms with Crippen LogP contribution in [-0.4, -0.2) is 16.0 Å². The van der Waals surface area contributed by atoms with Crippen LogP contribution in [0.25, 0.3) is 0 Å². The van der Waals surface area contributed by atoms with Gasteiger partial charge in [-0.1, -0.05) is 73.1 Å². The maximum absolute atomic E-state index is 10.2. The summed E-state index contributed by atoms with van der Waals surface area (Å²) < 4.78 is 0. The molecule has 1 atom stereocenters. The largest absolute Gasteiger partial charge is 0.365 e. The molecule has 2 nitrogen and oxygen atoms in total. The first-order valence-electron chi connectivity index (χ1n) is 7.78. The Hall–Kier alpha value is -0.0800. The van der Waals surface area contributed by atoms with Gasteiger partial charge in [0.1, 0.15) is 0 Å². The molecule has 0 aromatic heterocycles. The predicted octanol–water partition coefficient (Wildman–Crippen LogP) is 4.35. The second-order valence-corrected chi connectivity index (χ2v) is 6.34. The van der Waals surface area contributed by atoms with Gasteiger partial charge in [-0.15, -0.1) is 0 Å². The Morgan fingerprint density at radius 2 is 1.33 bits per heavy atom. The molecule has 0 heterocycles. The molecule has 18 heavy (non-hydrogen) atoms. The highest BCUT2D eigenvalue weighted by molar-refractivity contribution is 4.81. The van der Waals surface area contributed by atoms with Gasteiger partial charge in [-0.2, -0.15) is 0 Å². The molecule has 0 aliphatic rings. The highest BCUT2D eigenvalue weighted by Gasteiger charge is 2.38. The summed E-state index contributed by atoms with van der Waals surface area (Å²) in [5, 5.41) is 20.4. The average molecular weight is 258 g/mol. The molecule has 0 fully saturated rings. The zero-order valence-electron chi connectivity index (χ0n) is 13.1. The van der Waals surface area contributed by atoms with Crippen LogP contribution in [0, 0.1) is 17.8 Å². The number of unbranched alkanes of at least 4 members (excludes halogenated alkanes) is 5. The van der Waals surface area contributed by atoms with Crippen LogP contribution < -0.4 is 0 Å². The van der Waals surface area contributed by atoms with Crippen molar-refractivity contribution in [2.45, 2.75) is 85.4 Å². The van der Waals surface area contributed by atoms with Gasteiger partial charge in [-0.05, 0) is 12.3 Å². The predicted molar refractivity (Wildman–Crippen MR) is 78.3 cm³/mol. The van der Waals surface area contributed by atoms with Crippen molar-refractivity contribution in [1.29, 1.82) is 0 Å². The van der Waals surface area contributed by atoms with Crippen molar-refractivity contribution >= 4 is 0 Å². The van der Waals surface area contributed by atoms with E-state index in [1.807, 2.05) is 13.8 Å². The van der Waals surface area contributed by atoms with Gasteiger partial charge in [-0.3, -0.25) is 0 Å². The molecule has 0 aliphatic heterocycles. The molecule has 0 aromatic rings. The summed E-state index contributed by atoms with van der Waals surface area (Å²) >= 11 is 0. The fourth-order valence-corrected chi connectivity index (χ4v) is 2.61. The third kappa shape index (κ3) is 6.19. The molecule has 1 unspecified atom stereocenters. The third-order valence-electron chi connectivity index (χ3n) is 4.07. The molecular formula is C16H34O2. The summed E-state index contributed by atoms with van der Waals surface area (Å²) in [5.41, 5.74) is 0. The Kier molecular flexibility index (Phi) is 8.89. The van der Waals surface area contributed by atoms with E-state index in [1.165, 1.54) is 32.1 Å². The van der Waals surface area contributed by atoms with E-state index in [2.05, 4.69) is 20.8 Å². The molecule has 0 saturated carbocycles. The Morgan fingerprint density at radius 1 is 0.833 bits per heavy atom. The van der Waals surface area contributed by atoms with Crippen LogP contribution in [0.2, 0.25) is 0 Å². The molecule has 0 amide bonds. The van der Waals surface area contributed by atoms with E-state index < -0.39 is 5.79 Å². The fourth-order valence-electron chi connectivity index (χ4n) is 2.61. The Balaban J connectivity index is 4.07.